The van der Waals surface area contributed by atoms with E-state index in [0.29, 0.717) is 18.7 Å². The quantitative estimate of drug-likeness (QED) is 0.598. The highest BCUT2D eigenvalue weighted by Gasteiger charge is 2.16. The molecule has 148 valence electrons. The summed E-state index contributed by atoms with van der Waals surface area (Å²) in [5.74, 6) is 1.95. The van der Waals surface area contributed by atoms with Gasteiger partial charge in [0.1, 0.15) is 11.5 Å². The monoisotopic (exact) mass is 391 g/mol. The number of rotatable bonds is 5. The minimum atomic E-state index is -1.26. The van der Waals surface area contributed by atoms with Crippen LogP contribution in [-0.2, 0) is 9.59 Å². The van der Waals surface area contributed by atoms with Crippen molar-refractivity contribution in [3.63, 3.8) is 0 Å². The number of terminal acetylenes is 1. The fourth-order valence-electron chi connectivity index (χ4n) is 2.67. The van der Waals surface area contributed by atoms with Gasteiger partial charge in [0, 0.05) is 29.8 Å². The first-order valence-corrected chi connectivity index (χ1v) is 8.73. The third-order valence-corrected chi connectivity index (χ3v) is 3.87. The second kappa shape index (κ2) is 10.5. The Labute approximate surface area is 169 Å². The number of para-hydroxylation sites is 2. The lowest BCUT2D eigenvalue weighted by Gasteiger charge is -2.17. The Morgan fingerprint density at radius 2 is 1.62 bits per heavy atom. The van der Waals surface area contributed by atoms with Crippen LogP contribution in [0.1, 0.15) is 11.1 Å². The van der Waals surface area contributed by atoms with Crippen LogP contribution in [0.5, 0.6) is 11.5 Å². The second-order valence-electron chi connectivity index (χ2n) is 6.19. The molecule has 0 saturated carbocycles. The van der Waals surface area contributed by atoms with Gasteiger partial charge >= 0.3 is 11.9 Å². The SMILES string of the molecule is C#CCN(C)CC1=Cc2ccccc2Oc2ccccc21.O=C(O)C=CC(=O)O. The first-order valence-electron chi connectivity index (χ1n) is 8.73. The lowest BCUT2D eigenvalue weighted by Crippen LogP contribution is -2.20. The molecule has 0 fully saturated rings. The van der Waals surface area contributed by atoms with Gasteiger partial charge in [-0.2, -0.15) is 0 Å². The van der Waals surface area contributed by atoms with E-state index in [0.717, 1.165) is 29.2 Å². The molecular formula is C23H21NO5. The molecule has 1 aliphatic rings. The van der Waals surface area contributed by atoms with Gasteiger partial charge < -0.3 is 14.9 Å². The van der Waals surface area contributed by atoms with Crippen LogP contribution < -0.4 is 4.74 Å². The number of aliphatic carboxylic acids is 2. The Bertz CT molecular complexity index is 969. The van der Waals surface area contributed by atoms with Crippen molar-refractivity contribution in [3.05, 3.63) is 71.8 Å². The topological polar surface area (TPSA) is 87.1 Å². The first-order chi connectivity index (χ1) is 13.9. The van der Waals surface area contributed by atoms with Gasteiger partial charge in [0.05, 0.1) is 6.54 Å². The molecule has 0 bridgehead atoms. The Balaban J connectivity index is 0.000000321. The normalized spacial score (nSPS) is 11.7. The van der Waals surface area contributed by atoms with Crippen LogP contribution in [0.25, 0.3) is 11.6 Å². The maximum Gasteiger partial charge on any atom is 0.328 e. The summed E-state index contributed by atoms with van der Waals surface area (Å²) in [4.78, 5) is 21.2. The molecule has 0 aliphatic carbocycles. The molecule has 1 aliphatic heterocycles. The summed E-state index contributed by atoms with van der Waals surface area (Å²) in [6.45, 7) is 1.42. The van der Waals surface area contributed by atoms with Crippen LogP contribution in [-0.4, -0.2) is 47.2 Å². The highest BCUT2D eigenvalue weighted by atomic mass is 16.5. The molecule has 3 rings (SSSR count). The number of carboxylic acids is 2. The Morgan fingerprint density at radius 1 is 1.03 bits per heavy atom. The number of likely N-dealkylation sites (N-methyl/N-ethyl adjacent to an activating group) is 1. The van der Waals surface area contributed by atoms with Crippen molar-refractivity contribution in [3.8, 4) is 23.8 Å². The number of benzene rings is 2. The minimum Gasteiger partial charge on any atom is -0.478 e. The molecule has 6 nitrogen and oxygen atoms in total. The van der Waals surface area contributed by atoms with Gasteiger partial charge in [-0.25, -0.2) is 9.59 Å². The highest BCUT2D eigenvalue weighted by molar-refractivity contribution is 5.89. The summed E-state index contributed by atoms with van der Waals surface area (Å²) in [7, 11) is 2.03. The minimum absolute atomic E-state index is 0.558. The number of carboxylic acid groups (broad SMARTS) is 2. The number of nitrogens with zero attached hydrogens (tertiary/aromatic N) is 1. The lowest BCUT2D eigenvalue weighted by molar-refractivity contribution is -0.134. The van der Waals surface area contributed by atoms with Gasteiger partial charge in [-0.1, -0.05) is 42.3 Å². The molecule has 0 amide bonds. The number of hydrogen-bond acceptors (Lipinski definition) is 4. The molecule has 0 atom stereocenters. The summed E-state index contributed by atoms with van der Waals surface area (Å²) in [6, 6.07) is 16.2. The number of carbonyl (C=O) groups is 2. The first kappa shape index (κ1) is 21.5. The summed E-state index contributed by atoms with van der Waals surface area (Å²) in [6.07, 6.45) is 8.71. The second-order valence-corrected chi connectivity index (χ2v) is 6.19. The Hall–Kier alpha value is -3.82. The molecular weight excluding hydrogens is 370 g/mol. The van der Waals surface area contributed by atoms with E-state index in [1.54, 1.807) is 0 Å². The van der Waals surface area contributed by atoms with E-state index >= 15 is 0 Å². The van der Waals surface area contributed by atoms with E-state index < -0.39 is 11.9 Å². The molecule has 1 heterocycles. The van der Waals surface area contributed by atoms with Gasteiger partial charge in [0.25, 0.3) is 0 Å². The smallest absolute Gasteiger partial charge is 0.328 e. The van der Waals surface area contributed by atoms with Crippen molar-refractivity contribution in [1.29, 1.82) is 0 Å². The molecule has 0 saturated heterocycles. The molecule has 0 spiro atoms. The van der Waals surface area contributed by atoms with Gasteiger partial charge in [-0.15, -0.1) is 6.42 Å². The number of fused-ring (bicyclic) bond motifs is 2. The molecule has 29 heavy (non-hydrogen) atoms. The predicted octanol–water partition coefficient (Wildman–Crippen LogP) is 3.61. The summed E-state index contributed by atoms with van der Waals surface area (Å²) < 4.78 is 6.06. The van der Waals surface area contributed by atoms with Crippen molar-refractivity contribution >= 4 is 23.6 Å². The fraction of sp³-hybridized carbons (Fsp3) is 0.130. The van der Waals surface area contributed by atoms with Gasteiger partial charge in [0.15, 0.2) is 0 Å². The average Bonchev–Trinajstić information content (AvgIpc) is 2.83. The third kappa shape index (κ3) is 6.69. The molecule has 2 N–H and O–H groups in total. The van der Waals surface area contributed by atoms with Gasteiger partial charge in [-0.05, 0) is 30.8 Å². The van der Waals surface area contributed by atoms with Crippen molar-refractivity contribution in [1.82, 2.24) is 4.90 Å². The Kier molecular flexibility index (Phi) is 7.78. The van der Waals surface area contributed by atoms with Crippen LogP contribution in [0.3, 0.4) is 0 Å². The fourth-order valence-corrected chi connectivity index (χ4v) is 2.67. The van der Waals surface area contributed by atoms with Crippen molar-refractivity contribution < 1.29 is 24.5 Å². The molecule has 0 aromatic heterocycles. The summed E-state index contributed by atoms with van der Waals surface area (Å²) in [5, 5.41) is 15.6. The zero-order valence-electron chi connectivity index (χ0n) is 15.9. The van der Waals surface area contributed by atoms with E-state index in [4.69, 9.17) is 21.4 Å². The molecule has 2 aromatic carbocycles. The highest BCUT2D eigenvalue weighted by Crippen LogP contribution is 2.37. The van der Waals surface area contributed by atoms with Crippen LogP contribution in [0, 0.1) is 12.3 Å². The number of hydrogen-bond donors (Lipinski definition) is 2. The maximum absolute atomic E-state index is 9.55. The molecule has 2 aromatic rings. The summed E-state index contributed by atoms with van der Waals surface area (Å²) >= 11 is 0. The van der Waals surface area contributed by atoms with Crippen molar-refractivity contribution in [2.45, 2.75) is 0 Å². The zero-order valence-corrected chi connectivity index (χ0v) is 15.9. The average molecular weight is 391 g/mol. The maximum atomic E-state index is 9.55. The lowest BCUT2D eigenvalue weighted by atomic mass is 10.0. The van der Waals surface area contributed by atoms with Crippen molar-refractivity contribution in [2.75, 3.05) is 20.1 Å². The van der Waals surface area contributed by atoms with Crippen molar-refractivity contribution in [2.24, 2.45) is 0 Å². The molecule has 0 radical (unpaired) electrons. The van der Waals surface area contributed by atoms with E-state index in [-0.39, 0.29) is 0 Å². The van der Waals surface area contributed by atoms with Crippen LogP contribution in [0.2, 0.25) is 0 Å². The van der Waals surface area contributed by atoms with E-state index in [1.807, 2.05) is 43.4 Å². The van der Waals surface area contributed by atoms with E-state index in [9.17, 15) is 9.59 Å². The standard InChI is InChI=1S/C19H17NO.C4H4O4/c1-3-12-20(2)14-16-13-15-8-4-6-10-18(15)21-19-11-7-5-9-17(16)19;5-3(6)1-2-4(7)8/h1,4-11,13H,12,14H2,2H3;1-2H,(H,5,6)(H,7,8). The van der Waals surface area contributed by atoms with Crippen LogP contribution in [0.15, 0.2) is 60.7 Å². The predicted molar refractivity (Wildman–Crippen MR) is 112 cm³/mol. The Morgan fingerprint density at radius 3 is 2.24 bits per heavy atom. The summed E-state index contributed by atoms with van der Waals surface area (Å²) in [5.41, 5.74) is 3.43. The largest absolute Gasteiger partial charge is 0.478 e. The van der Waals surface area contributed by atoms with Gasteiger partial charge in [-0.3, -0.25) is 4.90 Å². The van der Waals surface area contributed by atoms with Crippen LogP contribution in [0.4, 0.5) is 0 Å². The third-order valence-electron chi connectivity index (χ3n) is 3.87. The molecule has 6 heteroatoms. The van der Waals surface area contributed by atoms with E-state index in [2.05, 4.69) is 29.0 Å². The van der Waals surface area contributed by atoms with Crippen LogP contribution >= 0.6 is 0 Å². The number of ether oxygens (including phenoxy) is 1. The van der Waals surface area contributed by atoms with E-state index in [1.165, 1.54) is 5.57 Å². The zero-order chi connectivity index (χ0) is 21.2. The molecule has 0 unspecified atom stereocenters. The van der Waals surface area contributed by atoms with Gasteiger partial charge in [0.2, 0.25) is 0 Å².